The molecule has 310 valence electrons. The first-order valence-corrected chi connectivity index (χ1v) is 19.5. The number of unbranched alkanes of at least 4 members (excludes halogenated alkanes) is 3. The lowest BCUT2D eigenvalue weighted by molar-refractivity contribution is -0.136. The van der Waals surface area contributed by atoms with Crippen LogP contribution < -0.4 is 38.5 Å². The van der Waals surface area contributed by atoms with Crippen LogP contribution in [0.25, 0.3) is 0 Å². The van der Waals surface area contributed by atoms with Gasteiger partial charge in [-0.1, -0.05) is 19.8 Å². The first-order chi connectivity index (χ1) is 25.5. The van der Waals surface area contributed by atoms with Gasteiger partial charge in [-0.05, 0) is 92.3 Å². The van der Waals surface area contributed by atoms with Gasteiger partial charge in [0.2, 0.25) is 23.6 Å². The molecule has 0 radical (unpaired) electrons. The molecule has 0 aliphatic carbocycles. The van der Waals surface area contributed by atoms with Crippen LogP contribution in [0.4, 0.5) is 0 Å². The number of ketones is 4. The van der Waals surface area contributed by atoms with Crippen molar-refractivity contribution >= 4 is 46.8 Å². The van der Waals surface area contributed by atoms with E-state index < -0.39 is 71.8 Å². The lowest BCUT2D eigenvalue weighted by atomic mass is 9.89. The summed E-state index contributed by atoms with van der Waals surface area (Å²) in [5.74, 6) is -5.76. The van der Waals surface area contributed by atoms with Gasteiger partial charge >= 0.3 is 0 Å². The maximum atomic E-state index is 13.9. The van der Waals surface area contributed by atoms with Gasteiger partial charge in [-0.2, -0.15) is 0 Å². The molecule has 0 aliphatic heterocycles. The number of carbonyl (C=O) groups is 8. The third kappa shape index (κ3) is 21.9. The summed E-state index contributed by atoms with van der Waals surface area (Å²) in [5.41, 5.74) is 17.0. The summed E-state index contributed by atoms with van der Waals surface area (Å²) in [6.45, 7) is 8.54. The van der Waals surface area contributed by atoms with Crippen molar-refractivity contribution in [3.63, 3.8) is 0 Å². The summed E-state index contributed by atoms with van der Waals surface area (Å²) in [6, 6.07) is -3.28. The molecule has 16 heteroatoms. The Bertz CT molecular complexity index is 1210. The molecule has 4 amide bonds. The van der Waals surface area contributed by atoms with Gasteiger partial charge in [0.25, 0.3) is 0 Å². The standard InChI is InChI=1S/C38H69N7O9/c1-24(2)42-36(52)25(3)20-32(48)27(5)43-37(53)28(12-6-9-17-39)21-33(49)30(14-8-11-19-41)45-38(54)29(13-7-10-18-40)22-34(50)31(23-46)44-35(51)16-15-26(4)47/h24-25,27-31,46H,6-23,39-41H2,1-5H3,(H,42,52)(H,43,53)(H,44,51)(H,45,54)/t25-,27-,28-,29-,30-,31-/m1/s1. The van der Waals surface area contributed by atoms with E-state index in [4.69, 9.17) is 17.2 Å². The summed E-state index contributed by atoms with van der Waals surface area (Å²) < 4.78 is 0. The quantitative estimate of drug-likeness (QED) is 0.0434. The highest BCUT2D eigenvalue weighted by Crippen LogP contribution is 2.20. The zero-order valence-corrected chi connectivity index (χ0v) is 33.2. The number of aliphatic hydroxyl groups excluding tert-OH is 1. The molecule has 54 heavy (non-hydrogen) atoms. The maximum Gasteiger partial charge on any atom is 0.224 e. The van der Waals surface area contributed by atoms with Crippen molar-refractivity contribution in [1.82, 2.24) is 21.3 Å². The van der Waals surface area contributed by atoms with Gasteiger partial charge < -0.3 is 48.4 Å². The van der Waals surface area contributed by atoms with Crippen molar-refractivity contribution in [3.8, 4) is 0 Å². The average molecular weight is 768 g/mol. The number of hydrogen-bond donors (Lipinski definition) is 8. The number of Topliss-reactive ketones (excluding diaryl/α,β-unsaturated/α-hetero) is 4. The van der Waals surface area contributed by atoms with Crippen LogP contribution in [0.15, 0.2) is 0 Å². The number of rotatable bonds is 32. The molecule has 0 aliphatic rings. The topological polar surface area (TPSA) is 283 Å². The summed E-state index contributed by atoms with van der Waals surface area (Å²) in [4.78, 5) is 103. The SMILES string of the molecule is CC(=O)CCC(=O)N[C@H](CO)C(=O)C[C@@H](CCCCN)C(=O)N[C@H](CCCCN)C(=O)C[C@@H](CCCCN)C(=O)N[C@H](C)C(=O)C[C@@H](C)C(=O)NC(C)C. The van der Waals surface area contributed by atoms with E-state index in [1.165, 1.54) is 13.8 Å². The van der Waals surface area contributed by atoms with E-state index in [1.807, 2.05) is 13.8 Å². The van der Waals surface area contributed by atoms with E-state index in [0.29, 0.717) is 64.6 Å². The molecule has 0 saturated heterocycles. The molecule has 0 unspecified atom stereocenters. The Morgan fingerprint density at radius 2 is 1.02 bits per heavy atom. The molecule has 0 rings (SSSR count). The first-order valence-electron chi connectivity index (χ1n) is 19.5. The maximum absolute atomic E-state index is 13.9. The van der Waals surface area contributed by atoms with E-state index in [1.54, 1.807) is 6.92 Å². The van der Waals surface area contributed by atoms with Crippen molar-refractivity contribution in [2.45, 2.75) is 149 Å². The van der Waals surface area contributed by atoms with Crippen LogP contribution in [0.5, 0.6) is 0 Å². The molecule has 0 saturated carbocycles. The number of aliphatic hydroxyl groups is 1. The number of carbonyl (C=O) groups excluding carboxylic acids is 8. The molecule has 0 bridgehead atoms. The average Bonchev–Trinajstić information content (AvgIpc) is 3.11. The molecule has 11 N–H and O–H groups in total. The highest BCUT2D eigenvalue weighted by Gasteiger charge is 2.32. The molecule has 0 heterocycles. The summed E-state index contributed by atoms with van der Waals surface area (Å²) >= 11 is 0. The monoisotopic (exact) mass is 768 g/mol. The third-order valence-electron chi connectivity index (χ3n) is 9.14. The van der Waals surface area contributed by atoms with Gasteiger partial charge in [-0.15, -0.1) is 0 Å². The van der Waals surface area contributed by atoms with E-state index in [9.17, 15) is 43.5 Å². The van der Waals surface area contributed by atoms with E-state index in [-0.39, 0.29) is 68.5 Å². The number of nitrogens with two attached hydrogens (primary N) is 3. The van der Waals surface area contributed by atoms with Crippen LogP contribution in [0.1, 0.15) is 125 Å². The molecular formula is C38H69N7O9. The second kappa shape index (κ2) is 28.8. The van der Waals surface area contributed by atoms with Gasteiger partial charge in [-0.25, -0.2) is 0 Å². The fourth-order valence-corrected chi connectivity index (χ4v) is 5.78. The molecule has 6 atom stereocenters. The largest absolute Gasteiger partial charge is 0.394 e. The lowest BCUT2D eigenvalue weighted by Gasteiger charge is -2.25. The lowest BCUT2D eigenvalue weighted by Crippen LogP contribution is -2.48. The van der Waals surface area contributed by atoms with Crippen molar-refractivity contribution in [3.05, 3.63) is 0 Å². The fraction of sp³-hybridized carbons (Fsp3) is 0.789. The summed E-state index contributed by atoms with van der Waals surface area (Å²) in [6.07, 6.45) is 3.30. The van der Waals surface area contributed by atoms with E-state index in [2.05, 4.69) is 21.3 Å². The van der Waals surface area contributed by atoms with Crippen LogP contribution in [-0.4, -0.2) is 102 Å². The van der Waals surface area contributed by atoms with Crippen molar-refractivity contribution < 1.29 is 43.5 Å². The second-order valence-electron chi connectivity index (χ2n) is 14.6. The van der Waals surface area contributed by atoms with E-state index >= 15 is 0 Å². The Kier molecular flexibility index (Phi) is 26.9. The van der Waals surface area contributed by atoms with Gasteiger partial charge in [0.1, 0.15) is 11.8 Å². The number of nitrogens with one attached hydrogen (secondary N) is 4. The molecule has 0 aromatic carbocycles. The smallest absolute Gasteiger partial charge is 0.224 e. The Hall–Kier alpha value is -3.60. The highest BCUT2D eigenvalue weighted by molar-refractivity contribution is 5.97. The number of amides is 4. The van der Waals surface area contributed by atoms with Crippen molar-refractivity contribution in [1.29, 1.82) is 0 Å². The van der Waals surface area contributed by atoms with Gasteiger partial charge in [0.05, 0.1) is 18.7 Å². The first kappa shape index (κ1) is 50.4. The minimum Gasteiger partial charge on any atom is -0.394 e. The second-order valence-corrected chi connectivity index (χ2v) is 14.6. The van der Waals surface area contributed by atoms with Crippen LogP contribution in [-0.2, 0) is 38.4 Å². The van der Waals surface area contributed by atoms with Gasteiger partial charge in [0.15, 0.2) is 17.3 Å². The Balaban J connectivity index is 6.02. The van der Waals surface area contributed by atoms with Crippen LogP contribution in [0, 0.1) is 17.8 Å². The Morgan fingerprint density at radius 3 is 1.48 bits per heavy atom. The fourth-order valence-electron chi connectivity index (χ4n) is 5.78. The molecule has 0 spiro atoms. The normalized spacial score (nSPS) is 14.6. The predicted molar refractivity (Wildman–Crippen MR) is 205 cm³/mol. The van der Waals surface area contributed by atoms with Crippen LogP contribution in [0.2, 0.25) is 0 Å². The molecule has 0 aromatic heterocycles. The number of hydrogen-bond acceptors (Lipinski definition) is 12. The molecule has 0 aromatic rings. The molecule has 16 nitrogen and oxygen atoms in total. The van der Waals surface area contributed by atoms with Crippen molar-refractivity contribution in [2.75, 3.05) is 26.2 Å². The minimum absolute atomic E-state index is 0.0214. The van der Waals surface area contributed by atoms with Crippen LogP contribution >= 0.6 is 0 Å². The summed E-state index contributed by atoms with van der Waals surface area (Å²) in [5, 5.41) is 20.6. The van der Waals surface area contributed by atoms with Gasteiger partial charge in [-0.3, -0.25) is 33.6 Å². The summed E-state index contributed by atoms with van der Waals surface area (Å²) in [7, 11) is 0. The minimum atomic E-state index is -1.28. The zero-order chi connectivity index (χ0) is 41.2. The Morgan fingerprint density at radius 1 is 0.537 bits per heavy atom. The Labute approximate surface area is 321 Å². The predicted octanol–water partition coefficient (Wildman–Crippen LogP) is 0.480. The van der Waals surface area contributed by atoms with Gasteiger partial charge in [0, 0.05) is 55.9 Å². The zero-order valence-electron chi connectivity index (χ0n) is 33.2. The molecular weight excluding hydrogens is 698 g/mol. The van der Waals surface area contributed by atoms with Crippen LogP contribution in [0.3, 0.4) is 0 Å². The third-order valence-corrected chi connectivity index (χ3v) is 9.14. The molecule has 0 fully saturated rings. The van der Waals surface area contributed by atoms with E-state index in [0.717, 1.165) is 0 Å². The van der Waals surface area contributed by atoms with Crippen molar-refractivity contribution in [2.24, 2.45) is 35.0 Å². The highest BCUT2D eigenvalue weighted by atomic mass is 16.3.